The second kappa shape index (κ2) is 5.80. The molecule has 0 radical (unpaired) electrons. The van der Waals surface area contributed by atoms with Crippen molar-refractivity contribution in [1.29, 1.82) is 0 Å². The van der Waals surface area contributed by atoms with Gasteiger partial charge in [-0.2, -0.15) is 0 Å². The van der Waals surface area contributed by atoms with E-state index in [-0.39, 0.29) is 0 Å². The molecule has 17 heavy (non-hydrogen) atoms. The Bertz CT molecular complexity index is 448. The highest BCUT2D eigenvalue weighted by atomic mass is 127. The molecular weight excluding hydrogens is 367 g/mol. The van der Waals surface area contributed by atoms with Crippen molar-refractivity contribution in [1.82, 2.24) is 0 Å². The van der Waals surface area contributed by atoms with Crippen molar-refractivity contribution < 1.29 is 0 Å². The second-order valence-electron chi connectivity index (χ2n) is 4.31. The van der Waals surface area contributed by atoms with Crippen LogP contribution in [0.3, 0.4) is 0 Å². The van der Waals surface area contributed by atoms with Crippen molar-refractivity contribution >= 4 is 56.8 Å². The Labute approximate surface area is 125 Å². The van der Waals surface area contributed by atoms with E-state index in [1.54, 1.807) is 11.8 Å². The quantitative estimate of drug-likeness (QED) is 0.765. The van der Waals surface area contributed by atoms with Gasteiger partial charge in [0.2, 0.25) is 0 Å². The van der Waals surface area contributed by atoms with Gasteiger partial charge in [0, 0.05) is 9.32 Å². The van der Waals surface area contributed by atoms with Gasteiger partial charge in [-0.15, -0.1) is 0 Å². The zero-order valence-electron chi connectivity index (χ0n) is 9.71. The highest BCUT2D eigenvalue weighted by molar-refractivity contribution is 14.1. The zero-order valence-corrected chi connectivity index (χ0v) is 13.4. The average molecular weight is 381 g/mol. The number of halogens is 2. The molecule has 0 spiro atoms. The number of amidine groups is 1. The first kappa shape index (κ1) is 13.5. The molecule has 0 saturated carbocycles. The van der Waals surface area contributed by atoms with Gasteiger partial charge in [-0.3, -0.25) is 4.99 Å². The predicted molar refractivity (Wildman–Crippen MR) is 86.3 cm³/mol. The second-order valence-corrected chi connectivity index (χ2v) is 6.97. The third kappa shape index (κ3) is 3.51. The zero-order chi connectivity index (χ0) is 12.4. The van der Waals surface area contributed by atoms with Gasteiger partial charge in [-0.25, -0.2) is 0 Å². The fourth-order valence-corrected chi connectivity index (χ4v) is 3.59. The smallest absolute Gasteiger partial charge is 0.161 e. The summed E-state index contributed by atoms with van der Waals surface area (Å²) in [6, 6.07) is 6.40. The van der Waals surface area contributed by atoms with E-state index in [4.69, 9.17) is 11.6 Å². The van der Waals surface area contributed by atoms with Gasteiger partial charge in [0.1, 0.15) is 0 Å². The van der Waals surface area contributed by atoms with Gasteiger partial charge in [-0.05, 0) is 46.7 Å². The maximum atomic E-state index is 6.18. The van der Waals surface area contributed by atoms with Crippen molar-refractivity contribution in [3.05, 3.63) is 26.8 Å². The SMILES string of the molecule is CC(C)C1CSC(Nc2ccc(I)cc2Cl)=N1. The van der Waals surface area contributed by atoms with Crippen LogP contribution in [0.5, 0.6) is 0 Å². The van der Waals surface area contributed by atoms with Crippen molar-refractivity contribution in [3.63, 3.8) is 0 Å². The molecule has 0 aromatic heterocycles. The summed E-state index contributed by atoms with van der Waals surface area (Å²) < 4.78 is 1.14. The molecule has 0 bridgehead atoms. The monoisotopic (exact) mass is 380 g/mol. The lowest BCUT2D eigenvalue weighted by Gasteiger charge is -2.08. The third-order valence-corrected chi connectivity index (χ3v) is 4.59. The van der Waals surface area contributed by atoms with Crippen LogP contribution in [-0.2, 0) is 0 Å². The van der Waals surface area contributed by atoms with Gasteiger partial charge in [0.25, 0.3) is 0 Å². The van der Waals surface area contributed by atoms with E-state index in [1.807, 2.05) is 18.2 Å². The molecule has 5 heteroatoms. The summed E-state index contributed by atoms with van der Waals surface area (Å²) in [5.74, 6) is 1.65. The van der Waals surface area contributed by atoms with Crippen LogP contribution in [0.25, 0.3) is 0 Å². The van der Waals surface area contributed by atoms with E-state index in [9.17, 15) is 0 Å². The molecule has 2 rings (SSSR count). The summed E-state index contributed by atoms with van der Waals surface area (Å²) in [6.07, 6.45) is 0. The van der Waals surface area contributed by atoms with Crippen LogP contribution >= 0.6 is 46.0 Å². The van der Waals surface area contributed by atoms with Gasteiger partial charge in [0.15, 0.2) is 5.17 Å². The Morgan fingerprint density at radius 3 is 2.88 bits per heavy atom. The Morgan fingerprint density at radius 2 is 2.29 bits per heavy atom. The van der Waals surface area contributed by atoms with Crippen LogP contribution in [0, 0.1) is 9.49 Å². The van der Waals surface area contributed by atoms with E-state index in [2.05, 4.69) is 46.7 Å². The number of nitrogens with one attached hydrogen (secondary N) is 1. The average Bonchev–Trinajstić information content (AvgIpc) is 2.71. The van der Waals surface area contributed by atoms with Gasteiger partial charge < -0.3 is 5.32 Å². The first-order chi connectivity index (χ1) is 8.06. The van der Waals surface area contributed by atoms with E-state index in [0.29, 0.717) is 12.0 Å². The molecule has 0 aliphatic carbocycles. The normalized spacial score (nSPS) is 19.6. The number of hydrogen-bond donors (Lipinski definition) is 1. The first-order valence-electron chi connectivity index (χ1n) is 5.49. The minimum Gasteiger partial charge on any atom is -0.334 e. The molecule has 1 aliphatic rings. The molecule has 1 aromatic carbocycles. The standard InChI is InChI=1S/C12H14ClIN2S/c1-7(2)11-6-17-12(16-11)15-10-4-3-8(14)5-9(10)13/h3-5,7,11H,6H2,1-2H3,(H,15,16). The van der Waals surface area contributed by atoms with Crippen LogP contribution in [-0.4, -0.2) is 17.0 Å². The Morgan fingerprint density at radius 1 is 1.53 bits per heavy atom. The molecule has 1 atom stereocenters. The van der Waals surface area contributed by atoms with E-state index in [0.717, 1.165) is 25.2 Å². The number of anilines is 1. The highest BCUT2D eigenvalue weighted by Crippen LogP contribution is 2.28. The molecule has 1 N–H and O–H groups in total. The molecule has 2 nitrogen and oxygen atoms in total. The van der Waals surface area contributed by atoms with Crippen molar-refractivity contribution in [2.24, 2.45) is 10.9 Å². The third-order valence-electron chi connectivity index (χ3n) is 2.62. The molecule has 1 unspecified atom stereocenters. The number of thioether (sulfide) groups is 1. The molecule has 1 heterocycles. The number of nitrogens with zero attached hydrogens (tertiary/aromatic N) is 1. The van der Waals surface area contributed by atoms with Gasteiger partial charge in [-0.1, -0.05) is 37.2 Å². The van der Waals surface area contributed by atoms with Crippen LogP contribution in [0.15, 0.2) is 23.2 Å². The van der Waals surface area contributed by atoms with Gasteiger partial charge >= 0.3 is 0 Å². The first-order valence-corrected chi connectivity index (χ1v) is 7.93. The lowest BCUT2D eigenvalue weighted by molar-refractivity contribution is 0.543. The maximum absolute atomic E-state index is 6.18. The Hall–Kier alpha value is 0.0600. The molecule has 0 fully saturated rings. The molecule has 1 aromatic rings. The molecule has 0 amide bonds. The summed E-state index contributed by atoms with van der Waals surface area (Å²) in [6.45, 7) is 4.41. The van der Waals surface area contributed by atoms with Crippen LogP contribution < -0.4 is 5.32 Å². The van der Waals surface area contributed by atoms with E-state index < -0.39 is 0 Å². The largest absolute Gasteiger partial charge is 0.334 e. The lowest BCUT2D eigenvalue weighted by Crippen LogP contribution is -2.12. The lowest BCUT2D eigenvalue weighted by atomic mass is 10.1. The predicted octanol–water partition coefficient (Wildman–Crippen LogP) is 4.48. The van der Waals surface area contributed by atoms with Crippen molar-refractivity contribution in [2.45, 2.75) is 19.9 Å². The summed E-state index contributed by atoms with van der Waals surface area (Å²) >= 11 is 10.2. The topological polar surface area (TPSA) is 24.4 Å². The van der Waals surface area contributed by atoms with Gasteiger partial charge in [0.05, 0.1) is 16.8 Å². The summed E-state index contributed by atoms with van der Waals surface area (Å²) in [7, 11) is 0. The molecular formula is C12H14ClIN2S. The van der Waals surface area contributed by atoms with Crippen molar-refractivity contribution in [2.75, 3.05) is 11.1 Å². The Balaban J connectivity index is 2.09. The number of hydrogen-bond acceptors (Lipinski definition) is 3. The maximum Gasteiger partial charge on any atom is 0.161 e. The summed E-state index contributed by atoms with van der Waals surface area (Å²) in [5.41, 5.74) is 0.933. The number of benzene rings is 1. The van der Waals surface area contributed by atoms with Crippen LogP contribution in [0.2, 0.25) is 5.02 Å². The van der Waals surface area contributed by atoms with Crippen LogP contribution in [0.4, 0.5) is 5.69 Å². The molecule has 1 aliphatic heterocycles. The highest BCUT2D eigenvalue weighted by Gasteiger charge is 2.21. The summed E-state index contributed by atoms with van der Waals surface area (Å²) in [5, 5.41) is 5.02. The minimum absolute atomic E-state index is 0.421. The molecule has 92 valence electrons. The molecule has 0 saturated heterocycles. The number of aliphatic imine (C=N–C) groups is 1. The fraction of sp³-hybridized carbons (Fsp3) is 0.417. The Kier molecular flexibility index (Phi) is 4.60. The summed E-state index contributed by atoms with van der Waals surface area (Å²) in [4.78, 5) is 4.65. The van der Waals surface area contributed by atoms with E-state index in [1.165, 1.54) is 0 Å². The number of rotatable bonds is 2. The van der Waals surface area contributed by atoms with Crippen molar-refractivity contribution in [3.8, 4) is 0 Å². The minimum atomic E-state index is 0.421. The fourth-order valence-electron chi connectivity index (χ4n) is 1.51. The van der Waals surface area contributed by atoms with E-state index >= 15 is 0 Å². The van der Waals surface area contributed by atoms with Crippen LogP contribution in [0.1, 0.15) is 13.8 Å².